The van der Waals surface area contributed by atoms with Gasteiger partial charge in [0.15, 0.2) is 5.69 Å². The predicted molar refractivity (Wildman–Crippen MR) is 57.7 cm³/mol. The van der Waals surface area contributed by atoms with Crippen LogP contribution in [0.2, 0.25) is 0 Å². The normalized spacial score (nSPS) is 11.7. The van der Waals surface area contributed by atoms with Crippen LogP contribution >= 0.6 is 0 Å². The van der Waals surface area contributed by atoms with Crippen molar-refractivity contribution >= 4 is 5.97 Å². The lowest BCUT2D eigenvalue weighted by Crippen LogP contribution is -2.16. The fraction of sp³-hybridized carbons (Fsp3) is 0.364. The van der Waals surface area contributed by atoms with E-state index in [1.165, 1.54) is 6.26 Å². The number of hydrogen-bond donors (Lipinski definition) is 1. The lowest BCUT2D eigenvalue weighted by Gasteiger charge is -2.14. The van der Waals surface area contributed by atoms with Crippen molar-refractivity contribution in [2.75, 3.05) is 0 Å². The van der Waals surface area contributed by atoms with Gasteiger partial charge in [-0.15, -0.1) is 0 Å². The van der Waals surface area contributed by atoms with Crippen molar-refractivity contribution in [3.63, 3.8) is 0 Å². The van der Waals surface area contributed by atoms with Gasteiger partial charge in [0.05, 0.1) is 0 Å². The number of carboxylic acids is 1. The van der Waals surface area contributed by atoms with Crippen LogP contribution in [0.5, 0.6) is 0 Å². The van der Waals surface area contributed by atoms with Gasteiger partial charge in [0.2, 0.25) is 11.7 Å². The van der Waals surface area contributed by atoms with Gasteiger partial charge in [-0.3, -0.25) is 0 Å². The van der Waals surface area contributed by atoms with E-state index in [2.05, 4.69) is 14.7 Å². The summed E-state index contributed by atoms with van der Waals surface area (Å²) in [5.41, 5.74) is 0.352. The minimum Gasteiger partial charge on any atom is -0.475 e. The smallest absolute Gasteiger partial charge is 0.373 e. The average Bonchev–Trinajstić information content (AvgIpc) is 2.85. The van der Waals surface area contributed by atoms with E-state index in [-0.39, 0.29) is 11.7 Å². The van der Waals surface area contributed by atoms with E-state index < -0.39 is 11.4 Å². The molecule has 0 saturated carbocycles. The summed E-state index contributed by atoms with van der Waals surface area (Å²) in [5, 5.41) is 12.7. The largest absolute Gasteiger partial charge is 0.475 e. The molecule has 2 rings (SSSR count). The van der Waals surface area contributed by atoms with E-state index in [0.717, 1.165) is 0 Å². The maximum absolute atomic E-state index is 11.1. The van der Waals surface area contributed by atoms with Crippen LogP contribution in [0.25, 0.3) is 11.6 Å². The molecule has 1 N–H and O–H groups in total. The van der Waals surface area contributed by atoms with Crippen LogP contribution in [0.3, 0.4) is 0 Å². The molecule has 0 unspecified atom stereocenters. The first-order valence-electron chi connectivity index (χ1n) is 5.05. The van der Waals surface area contributed by atoms with E-state index in [0.29, 0.717) is 11.4 Å². The molecule has 6 nitrogen and oxygen atoms in total. The second kappa shape index (κ2) is 3.73. The van der Waals surface area contributed by atoms with E-state index in [9.17, 15) is 4.79 Å². The zero-order valence-corrected chi connectivity index (χ0v) is 9.72. The quantitative estimate of drug-likeness (QED) is 0.860. The van der Waals surface area contributed by atoms with Crippen LogP contribution in [0, 0.1) is 0 Å². The van der Waals surface area contributed by atoms with Crippen molar-refractivity contribution in [2.45, 2.75) is 26.2 Å². The first-order chi connectivity index (χ1) is 7.89. The van der Waals surface area contributed by atoms with E-state index >= 15 is 0 Å². The molecule has 0 saturated heterocycles. The monoisotopic (exact) mass is 236 g/mol. The molecule has 0 aliphatic carbocycles. The highest BCUT2D eigenvalue weighted by Crippen LogP contribution is 2.29. The van der Waals surface area contributed by atoms with Crippen LogP contribution in [-0.2, 0) is 5.41 Å². The van der Waals surface area contributed by atoms with Crippen molar-refractivity contribution in [2.24, 2.45) is 0 Å². The van der Waals surface area contributed by atoms with E-state index in [1.54, 1.807) is 6.07 Å². The van der Waals surface area contributed by atoms with Crippen molar-refractivity contribution < 1.29 is 18.8 Å². The molecule has 0 aliphatic rings. The average molecular weight is 236 g/mol. The Labute approximate surface area is 97.2 Å². The molecule has 2 aromatic rings. The number of carbonyl (C=O) groups is 1. The standard InChI is InChI=1S/C11H12N2O4/c1-11(2,3)8-7(10(14)15)17-9(12-8)6-4-5-16-13-6/h4-5H,1-3H3,(H,14,15). The summed E-state index contributed by atoms with van der Waals surface area (Å²) in [6, 6.07) is 1.56. The highest BCUT2D eigenvalue weighted by molar-refractivity contribution is 5.86. The molecule has 0 aliphatic heterocycles. The third kappa shape index (κ3) is 2.06. The summed E-state index contributed by atoms with van der Waals surface area (Å²) in [4.78, 5) is 15.2. The van der Waals surface area contributed by atoms with Crippen LogP contribution in [0.4, 0.5) is 0 Å². The number of aromatic carboxylic acids is 1. The maximum atomic E-state index is 11.1. The molecule has 2 heterocycles. The van der Waals surface area contributed by atoms with Crippen molar-refractivity contribution in [1.29, 1.82) is 0 Å². The van der Waals surface area contributed by atoms with Gasteiger partial charge in [0.25, 0.3) is 0 Å². The molecule has 0 amide bonds. The van der Waals surface area contributed by atoms with Gasteiger partial charge in [-0.2, -0.15) is 0 Å². The molecule has 0 atom stereocenters. The molecule has 90 valence electrons. The third-order valence-electron chi connectivity index (χ3n) is 2.19. The molecule has 17 heavy (non-hydrogen) atoms. The van der Waals surface area contributed by atoms with Crippen molar-refractivity contribution in [3.05, 3.63) is 23.8 Å². The molecule has 2 aromatic heterocycles. The Morgan fingerprint density at radius 3 is 2.53 bits per heavy atom. The zero-order valence-electron chi connectivity index (χ0n) is 9.72. The summed E-state index contributed by atoms with van der Waals surface area (Å²) in [5.74, 6) is -1.14. The van der Waals surface area contributed by atoms with Crippen LogP contribution < -0.4 is 0 Å². The Hall–Kier alpha value is -2.11. The van der Waals surface area contributed by atoms with Gasteiger partial charge in [-0.05, 0) is 0 Å². The van der Waals surface area contributed by atoms with E-state index in [1.807, 2.05) is 20.8 Å². The molecule has 6 heteroatoms. The predicted octanol–water partition coefficient (Wildman–Crippen LogP) is 2.33. The summed E-state index contributed by atoms with van der Waals surface area (Å²) < 4.78 is 9.88. The van der Waals surface area contributed by atoms with Crippen LogP contribution in [-0.4, -0.2) is 21.2 Å². The molecule has 0 spiro atoms. The highest BCUT2D eigenvalue weighted by atomic mass is 16.5. The second-order valence-corrected chi connectivity index (χ2v) is 4.64. The SMILES string of the molecule is CC(C)(C)c1nc(-c2ccon2)oc1C(=O)O. The Morgan fingerprint density at radius 2 is 2.12 bits per heavy atom. The third-order valence-corrected chi connectivity index (χ3v) is 2.19. The van der Waals surface area contributed by atoms with Gasteiger partial charge in [0, 0.05) is 11.5 Å². The fourth-order valence-corrected chi connectivity index (χ4v) is 1.41. The van der Waals surface area contributed by atoms with Gasteiger partial charge in [-0.1, -0.05) is 25.9 Å². The number of rotatable bonds is 2. The summed E-state index contributed by atoms with van der Waals surface area (Å²) in [7, 11) is 0. The highest BCUT2D eigenvalue weighted by Gasteiger charge is 2.29. The number of oxazole rings is 1. The lowest BCUT2D eigenvalue weighted by molar-refractivity contribution is 0.0659. The first kappa shape index (κ1) is 11.4. The minimum atomic E-state index is -1.14. The van der Waals surface area contributed by atoms with Crippen molar-refractivity contribution in [3.8, 4) is 11.6 Å². The summed E-state index contributed by atoms with van der Waals surface area (Å²) in [6.07, 6.45) is 1.37. The molecule has 0 fully saturated rings. The first-order valence-corrected chi connectivity index (χ1v) is 5.05. The zero-order chi connectivity index (χ0) is 12.6. The number of carboxylic acid groups (broad SMARTS) is 1. The number of nitrogens with zero attached hydrogens (tertiary/aromatic N) is 2. The van der Waals surface area contributed by atoms with Gasteiger partial charge >= 0.3 is 5.97 Å². The molecule has 0 bridgehead atoms. The molecular weight excluding hydrogens is 224 g/mol. The second-order valence-electron chi connectivity index (χ2n) is 4.64. The Bertz CT molecular complexity index is 534. The number of hydrogen-bond acceptors (Lipinski definition) is 5. The van der Waals surface area contributed by atoms with Crippen LogP contribution in [0.1, 0.15) is 37.0 Å². The Balaban J connectivity index is 2.56. The van der Waals surface area contributed by atoms with Crippen LogP contribution in [0.15, 0.2) is 21.3 Å². The summed E-state index contributed by atoms with van der Waals surface area (Å²) >= 11 is 0. The summed E-state index contributed by atoms with van der Waals surface area (Å²) in [6.45, 7) is 5.59. The van der Waals surface area contributed by atoms with Gasteiger partial charge < -0.3 is 14.0 Å². The number of aromatic nitrogens is 2. The van der Waals surface area contributed by atoms with Gasteiger partial charge in [0.1, 0.15) is 12.0 Å². The molecule has 0 aromatic carbocycles. The van der Waals surface area contributed by atoms with Crippen molar-refractivity contribution in [1.82, 2.24) is 10.1 Å². The minimum absolute atomic E-state index is 0.154. The van der Waals surface area contributed by atoms with E-state index in [4.69, 9.17) is 9.52 Å². The topological polar surface area (TPSA) is 89.4 Å². The fourth-order valence-electron chi connectivity index (χ4n) is 1.41. The molecule has 0 radical (unpaired) electrons. The maximum Gasteiger partial charge on any atom is 0.373 e. The Morgan fingerprint density at radius 1 is 1.41 bits per heavy atom. The Kier molecular flexibility index (Phi) is 2.49. The van der Waals surface area contributed by atoms with Gasteiger partial charge in [-0.25, -0.2) is 9.78 Å². The molecular formula is C11H12N2O4. The lowest BCUT2D eigenvalue weighted by atomic mass is 9.91.